The Morgan fingerprint density at radius 3 is 2.75 bits per heavy atom. The Morgan fingerprint density at radius 2 is 2.15 bits per heavy atom. The molecule has 1 saturated carbocycles. The molecule has 0 heterocycles. The molecule has 0 saturated heterocycles. The van der Waals surface area contributed by atoms with Crippen LogP contribution in [0, 0.1) is 11.7 Å². The van der Waals surface area contributed by atoms with Crippen LogP contribution in [-0.2, 0) is 6.42 Å². The highest BCUT2D eigenvalue weighted by Crippen LogP contribution is 2.41. The van der Waals surface area contributed by atoms with Gasteiger partial charge in [0.25, 0.3) is 0 Å². The summed E-state index contributed by atoms with van der Waals surface area (Å²) in [5, 5.41) is 11.4. The summed E-state index contributed by atoms with van der Waals surface area (Å²) in [6, 6.07) is 4.62. The van der Waals surface area contributed by atoms with Gasteiger partial charge in [0, 0.05) is 22.9 Å². The first kappa shape index (κ1) is 15.7. The molecule has 1 aromatic rings. The van der Waals surface area contributed by atoms with Crippen LogP contribution >= 0.6 is 11.6 Å². The fourth-order valence-corrected chi connectivity index (χ4v) is 3.65. The SMILES string of the molecule is CC(C)(N)C1CCCCC1(O)Cc1ccc(Cl)cc1F. The fourth-order valence-electron chi connectivity index (χ4n) is 3.49. The molecule has 0 amide bonds. The monoisotopic (exact) mass is 299 g/mol. The lowest BCUT2D eigenvalue weighted by Gasteiger charge is -2.46. The van der Waals surface area contributed by atoms with Crippen LogP contribution in [0.4, 0.5) is 4.39 Å². The summed E-state index contributed by atoms with van der Waals surface area (Å²) < 4.78 is 14.0. The molecule has 1 aromatic carbocycles. The number of rotatable bonds is 3. The normalized spacial score (nSPS) is 27.6. The lowest BCUT2D eigenvalue weighted by molar-refractivity contribution is -0.0721. The average molecular weight is 300 g/mol. The summed E-state index contributed by atoms with van der Waals surface area (Å²) in [5.74, 6) is -0.385. The first-order chi connectivity index (χ1) is 9.22. The van der Waals surface area contributed by atoms with Crippen LogP contribution in [0.5, 0.6) is 0 Å². The minimum atomic E-state index is -0.939. The van der Waals surface area contributed by atoms with Gasteiger partial charge in [-0.15, -0.1) is 0 Å². The smallest absolute Gasteiger partial charge is 0.127 e. The first-order valence-corrected chi connectivity index (χ1v) is 7.55. The van der Waals surface area contributed by atoms with Crippen molar-refractivity contribution in [1.29, 1.82) is 0 Å². The van der Waals surface area contributed by atoms with E-state index in [1.54, 1.807) is 12.1 Å². The Morgan fingerprint density at radius 1 is 1.45 bits per heavy atom. The van der Waals surface area contributed by atoms with Crippen molar-refractivity contribution >= 4 is 11.6 Å². The molecule has 112 valence electrons. The van der Waals surface area contributed by atoms with Crippen LogP contribution in [-0.4, -0.2) is 16.2 Å². The van der Waals surface area contributed by atoms with E-state index in [9.17, 15) is 9.50 Å². The fraction of sp³-hybridized carbons (Fsp3) is 0.625. The quantitative estimate of drug-likeness (QED) is 0.894. The molecule has 2 unspecified atom stereocenters. The second-order valence-corrected chi connectivity index (χ2v) is 7.07. The van der Waals surface area contributed by atoms with Crippen LogP contribution in [0.1, 0.15) is 45.1 Å². The Labute approximate surface area is 125 Å². The van der Waals surface area contributed by atoms with E-state index in [0.717, 1.165) is 19.3 Å². The van der Waals surface area contributed by atoms with Crippen molar-refractivity contribution in [2.24, 2.45) is 11.7 Å². The molecule has 4 heteroatoms. The topological polar surface area (TPSA) is 46.2 Å². The predicted octanol–water partition coefficient (Wildman–Crippen LogP) is 3.68. The number of nitrogens with two attached hydrogens (primary N) is 1. The van der Waals surface area contributed by atoms with Gasteiger partial charge in [-0.25, -0.2) is 4.39 Å². The number of benzene rings is 1. The molecule has 1 fully saturated rings. The standard InChI is InChI=1S/C16H23ClFNO/c1-15(2,19)14-5-3-4-8-16(14,20)10-11-6-7-12(17)9-13(11)18/h6-7,9,14,20H,3-5,8,10,19H2,1-2H3. The molecular weight excluding hydrogens is 277 g/mol. The van der Waals surface area contributed by atoms with Crippen LogP contribution in [0.2, 0.25) is 5.02 Å². The minimum absolute atomic E-state index is 0.0289. The third-order valence-electron chi connectivity index (χ3n) is 4.41. The Bertz CT molecular complexity index is 486. The maximum atomic E-state index is 14.0. The van der Waals surface area contributed by atoms with E-state index < -0.39 is 11.1 Å². The Hall–Kier alpha value is -0.640. The molecule has 20 heavy (non-hydrogen) atoms. The van der Waals surface area contributed by atoms with Crippen molar-refractivity contribution in [1.82, 2.24) is 0 Å². The van der Waals surface area contributed by atoms with E-state index in [1.165, 1.54) is 6.07 Å². The van der Waals surface area contributed by atoms with E-state index in [2.05, 4.69) is 0 Å². The third kappa shape index (κ3) is 3.33. The third-order valence-corrected chi connectivity index (χ3v) is 4.65. The zero-order valence-corrected chi connectivity index (χ0v) is 12.9. The van der Waals surface area contributed by atoms with Crippen molar-refractivity contribution in [3.8, 4) is 0 Å². The Balaban J connectivity index is 2.28. The van der Waals surface area contributed by atoms with Crippen molar-refractivity contribution in [3.05, 3.63) is 34.6 Å². The number of hydrogen-bond donors (Lipinski definition) is 2. The molecule has 1 aliphatic rings. The van der Waals surface area contributed by atoms with Crippen molar-refractivity contribution < 1.29 is 9.50 Å². The summed E-state index contributed by atoms with van der Waals surface area (Å²) in [7, 11) is 0. The van der Waals surface area contributed by atoms with Crippen LogP contribution in [0.25, 0.3) is 0 Å². The van der Waals surface area contributed by atoms with E-state index in [0.29, 0.717) is 23.4 Å². The van der Waals surface area contributed by atoms with Gasteiger partial charge in [-0.05, 0) is 44.4 Å². The van der Waals surface area contributed by atoms with Gasteiger partial charge in [0.2, 0.25) is 0 Å². The van der Waals surface area contributed by atoms with Crippen molar-refractivity contribution in [2.75, 3.05) is 0 Å². The summed E-state index contributed by atoms with van der Waals surface area (Å²) in [4.78, 5) is 0. The van der Waals surface area contributed by atoms with Crippen LogP contribution in [0.15, 0.2) is 18.2 Å². The van der Waals surface area contributed by atoms with Gasteiger partial charge in [-0.1, -0.05) is 30.5 Å². The largest absolute Gasteiger partial charge is 0.389 e. The zero-order valence-electron chi connectivity index (χ0n) is 12.1. The van der Waals surface area contributed by atoms with Crippen LogP contribution in [0.3, 0.4) is 0 Å². The van der Waals surface area contributed by atoms with Crippen LogP contribution < -0.4 is 5.73 Å². The lowest BCUT2D eigenvalue weighted by atomic mass is 9.65. The lowest BCUT2D eigenvalue weighted by Crippen LogP contribution is -2.56. The summed E-state index contributed by atoms with van der Waals surface area (Å²) in [6.07, 6.45) is 3.87. The van der Waals surface area contributed by atoms with Gasteiger partial charge in [-0.3, -0.25) is 0 Å². The maximum absolute atomic E-state index is 14.0. The average Bonchev–Trinajstić information content (AvgIpc) is 2.32. The highest BCUT2D eigenvalue weighted by molar-refractivity contribution is 6.30. The van der Waals surface area contributed by atoms with E-state index >= 15 is 0 Å². The molecule has 2 atom stereocenters. The first-order valence-electron chi connectivity index (χ1n) is 7.17. The minimum Gasteiger partial charge on any atom is -0.389 e. The molecule has 3 N–H and O–H groups in total. The zero-order chi connectivity index (χ0) is 15.0. The molecule has 2 nitrogen and oxygen atoms in total. The highest BCUT2D eigenvalue weighted by Gasteiger charge is 2.45. The molecule has 0 radical (unpaired) electrons. The number of halogens is 2. The molecule has 0 spiro atoms. The van der Waals surface area contributed by atoms with Gasteiger partial charge >= 0.3 is 0 Å². The highest BCUT2D eigenvalue weighted by atomic mass is 35.5. The molecule has 1 aliphatic carbocycles. The Kier molecular flexibility index (Phi) is 4.43. The van der Waals surface area contributed by atoms with Crippen molar-refractivity contribution in [3.63, 3.8) is 0 Å². The predicted molar refractivity (Wildman–Crippen MR) is 80.3 cm³/mol. The van der Waals surface area contributed by atoms with E-state index in [1.807, 2.05) is 13.8 Å². The van der Waals surface area contributed by atoms with E-state index in [4.69, 9.17) is 17.3 Å². The van der Waals surface area contributed by atoms with Gasteiger partial charge in [0.1, 0.15) is 5.82 Å². The molecular formula is C16H23ClFNO. The molecule has 0 aromatic heterocycles. The molecule has 2 rings (SSSR count). The second-order valence-electron chi connectivity index (χ2n) is 6.64. The summed E-state index contributed by atoms with van der Waals surface area (Å²) in [5.41, 5.74) is 5.32. The maximum Gasteiger partial charge on any atom is 0.127 e. The second kappa shape index (κ2) is 5.63. The van der Waals surface area contributed by atoms with Crippen molar-refractivity contribution in [2.45, 2.75) is 57.1 Å². The number of hydrogen-bond acceptors (Lipinski definition) is 2. The number of aliphatic hydroxyl groups is 1. The van der Waals surface area contributed by atoms with Gasteiger partial charge in [0.15, 0.2) is 0 Å². The summed E-state index contributed by atoms with van der Waals surface area (Å²) >= 11 is 5.77. The van der Waals surface area contributed by atoms with Gasteiger partial charge in [-0.2, -0.15) is 0 Å². The van der Waals surface area contributed by atoms with Gasteiger partial charge in [0.05, 0.1) is 5.60 Å². The molecule has 0 aliphatic heterocycles. The van der Waals surface area contributed by atoms with E-state index in [-0.39, 0.29) is 11.7 Å². The molecule has 0 bridgehead atoms. The van der Waals surface area contributed by atoms with Gasteiger partial charge < -0.3 is 10.8 Å². The summed E-state index contributed by atoms with van der Waals surface area (Å²) in [6.45, 7) is 3.87.